The smallest absolute Gasteiger partial charge is 0.0349 e. The number of aryl methyl sites for hydroxylation is 5. The maximum absolute atomic E-state index is 8.59. The molecule has 8 aromatic rings. The molecule has 0 saturated heterocycles. The van der Waals surface area contributed by atoms with E-state index in [1.165, 1.54) is 68.5 Å². The van der Waals surface area contributed by atoms with Crippen LogP contribution in [0.4, 0.5) is 0 Å². The molecule has 0 amide bonds. The lowest BCUT2D eigenvalue weighted by Crippen LogP contribution is -2.24. The summed E-state index contributed by atoms with van der Waals surface area (Å²) in [5.74, 6) is -0.415. The van der Waals surface area contributed by atoms with Gasteiger partial charge in [0.05, 0.1) is 0 Å². The van der Waals surface area contributed by atoms with E-state index in [0.29, 0.717) is 22.6 Å². The number of hydrogen-bond acceptors (Lipinski definition) is 0. The van der Waals surface area contributed by atoms with Gasteiger partial charge in [0, 0.05) is 15.1 Å². The van der Waals surface area contributed by atoms with Crippen LogP contribution in [0, 0.1) is 58.2 Å². The lowest BCUT2D eigenvalue weighted by atomic mass is 9.71. The molecule has 0 heteroatoms. The van der Waals surface area contributed by atoms with Crippen molar-refractivity contribution in [1.29, 1.82) is 0 Å². The predicted octanol–water partition coefficient (Wildman–Crippen LogP) is 37.7. The summed E-state index contributed by atoms with van der Waals surface area (Å²) in [7, 11) is 0. The number of benzene rings is 8. The summed E-state index contributed by atoms with van der Waals surface area (Å²) in [6.45, 7) is 104. The fraction of sp³-hybridized carbons (Fsp3) is 0.607. The molecule has 0 bridgehead atoms. The van der Waals surface area contributed by atoms with Crippen LogP contribution in [-0.4, -0.2) is 0 Å². The van der Waals surface area contributed by atoms with Gasteiger partial charge < -0.3 is 0 Å². The first-order valence-corrected chi connectivity index (χ1v) is 46.6. The Bertz CT molecular complexity index is 4700. The van der Waals surface area contributed by atoms with Gasteiger partial charge in [-0.2, -0.15) is 0 Å². The zero-order valence-corrected chi connectivity index (χ0v) is 88.6. The van der Waals surface area contributed by atoms with Gasteiger partial charge >= 0.3 is 0 Å². The minimum atomic E-state index is -2.01. The van der Waals surface area contributed by atoms with Gasteiger partial charge in [0.25, 0.3) is 0 Å². The van der Waals surface area contributed by atoms with Crippen LogP contribution in [0.15, 0.2) is 152 Å². The first-order valence-electron chi connectivity index (χ1n) is 52.3. The Kier molecular flexibility index (Phi) is 37.0. The van der Waals surface area contributed by atoms with E-state index in [4.69, 9.17) is 15.1 Å². The summed E-state index contributed by atoms with van der Waals surface area (Å²) in [6.07, 6.45) is 0.156. The molecular formula is C122H196. The van der Waals surface area contributed by atoms with E-state index >= 15 is 0 Å². The first-order chi connectivity index (χ1) is 59.4. The van der Waals surface area contributed by atoms with E-state index in [-0.39, 0.29) is 72.9 Å². The second kappa shape index (κ2) is 47.5. The molecule has 8 rings (SSSR count). The highest BCUT2D eigenvalue weighted by Crippen LogP contribution is 2.42. The van der Waals surface area contributed by atoms with Gasteiger partial charge in [-0.05, 0) is 290 Å². The maximum atomic E-state index is 8.59. The van der Waals surface area contributed by atoms with Gasteiger partial charge in [-0.3, -0.25) is 0 Å². The summed E-state index contributed by atoms with van der Waals surface area (Å²) in [5, 5.41) is 0. The fourth-order valence-electron chi connectivity index (χ4n) is 17.3. The molecule has 0 radical (unpaired) electrons. The van der Waals surface area contributed by atoms with Crippen LogP contribution < -0.4 is 0 Å². The van der Waals surface area contributed by atoms with Crippen LogP contribution >= 0.6 is 0 Å². The zero-order chi connectivity index (χ0) is 105. The van der Waals surface area contributed by atoms with Crippen molar-refractivity contribution >= 4 is 0 Å². The fourth-order valence-corrected chi connectivity index (χ4v) is 17.3. The lowest BCUT2D eigenvalue weighted by molar-refractivity contribution is 0.521. The van der Waals surface area contributed by atoms with Crippen LogP contribution in [0.5, 0.6) is 0 Å². The van der Waals surface area contributed by atoms with E-state index < -0.39 is 37.3 Å². The summed E-state index contributed by atoms with van der Waals surface area (Å²) in [5.41, 5.74) is 28.6. The molecule has 122 heavy (non-hydrogen) atoms. The highest BCUT2D eigenvalue weighted by Gasteiger charge is 2.31. The molecule has 0 aliphatic carbocycles. The molecule has 0 fully saturated rings. The van der Waals surface area contributed by atoms with Gasteiger partial charge in [0.1, 0.15) is 0 Å². The normalized spacial score (nSPS) is 15.2. The monoisotopic (exact) mass is 1670 g/mol. The van der Waals surface area contributed by atoms with Crippen molar-refractivity contribution in [3.63, 3.8) is 0 Å². The predicted molar refractivity (Wildman–Crippen MR) is 557 cm³/mol. The Morgan fingerprint density at radius 1 is 0.270 bits per heavy atom. The summed E-state index contributed by atoms with van der Waals surface area (Å²) in [4.78, 5) is 0. The topological polar surface area (TPSA) is 0 Å². The molecule has 0 heterocycles. The number of hydrogen-bond donors (Lipinski definition) is 0. The molecule has 2 atom stereocenters. The molecule has 0 N–H and O–H groups in total. The van der Waals surface area contributed by atoms with E-state index in [2.05, 4.69) is 345 Å². The highest BCUT2D eigenvalue weighted by atomic mass is 14.4. The highest BCUT2D eigenvalue weighted by molar-refractivity contribution is 5.48. The van der Waals surface area contributed by atoms with Crippen molar-refractivity contribution < 1.29 is 15.1 Å². The molecule has 684 valence electrons. The molecular weight excluding hydrogens is 1470 g/mol. The minimum absolute atomic E-state index is 0.0281. The third-order valence-electron chi connectivity index (χ3n) is 21.8. The van der Waals surface area contributed by atoms with Crippen molar-refractivity contribution in [2.45, 2.75) is 463 Å². The Labute approximate surface area is 776 Å². The third kappa shape index (κ3) is 37.7. The number of rotatable bonds is 13. The van der Waals surface area contributed by atoms with E-state index in [1.54, 1.807) is 41.8 Å². The average molecular weight is 1670 g/mol. The molecule has 8 aromatic carbocycles. The lowest BCUT2D eigenvalue weighted by Gasteiger charge is -2.33. The second-order valence-corrected chi connectivity index (χ2v) is 47.4. The van der Waals surface area contributed by atoms with Crippen LogP contribution in [0.3, 0.4) is 0 Å². The average Bonchev–Trinajstić information content (AvgIpc) is 0.750. The van der Waals surface area contributed by atoms with Gasteiger partial charge in [-0.25, -0.2) is 0 Å². The van der Waals surface area contributed by atoms with Gasteiger partial charge in [0.2, 0.25) is 0 Å². The second-order valence-electron chi connectivity index (χ2n) is 47.4. The van der Waals surface area contributed by atoms with Crippen LogP contribution in [-0.2, 0) is 79.7 Å². The summed E-state index contributed by atoms with van der Waals surface area (Å²) < 4.78 is 89.4. The molecule has 0 nitrogen and oxygen atoms in total. The summed E-state index contributed by atoms with van der Waals surface area (Å²) >= 11 is 0. The molecule has 0 spiro atoms. The Balaban J connectivity index is 0.000000765. The molecule has 0 aliphatic rings. The standard InChI is InChI=1S/2C18H30.2C17H28.C14H22.2C13H20.C12H18/c2*1-13(2)11-15-9-8-10-16(12-14(3)4)17(15)18(5,6)7;1-12(2)13-10-9-11-14(16(3,4)5)15(13)17(6,7)8;1-8-13(4)15-11-9-10-14(12(2)3)16(15)17(5,6)7;1-13(2,3)11-9-7-8-10-12(11)14(4,5)6;1-9-7-10(2)12(11(3)8-9)13(4,5)6;1-10(2)11-8-6-7-9-12(11)13(3,4)5;1-9-7-6-8-10(2)11(9)12(3,4)5/h2*8-10,13-14H,11-12H2,1-7H3;9-12H,1-8H3;9-13H,8H2,1-7H3;7-10H,1-6H3;7-8H,1-6H3;6-10H,1-5H3;6-8H,1-5H3/i11D2,12D2;;12D;2D,12D,13D;;1D3;;. The van der Waals surface area contributed by atoms with Gasteiger partial charge in [-0.1, -0.05) is 476 Å². The Morgan fingerprint density at radius 2 is 0.557 bits per heavy atom. The zero-order valence-electron chi connectivity index (χ0n) is 99.6. The van der Waals surface area contributed by atoms with E-state index in [1.807, 2.05) is 120 Å². The van der Waals surface area contributed by atoms with Crippen LogP contribution in [0.2, 0.25) is 0 Å². The molecule has 0 aliphatic heterocycles. The van der Waals surface area contributed by atoms with Gasteiger partial charge in [0.15, 0.2) is 0 Å². The van der Waals surface area contributed by atoms with Crippen molar-refractivity contribution in [1.82, 2.24) is 0 Å². The SMILES string of the molecule is CC(C)(C)c1ccccc1C(C)(C)C.CC(C)Cc1cccc(CC(C)C)c1C(C)(C)C.CC(C)c1ccccc1C(C)(C)C.Cc1cccc(C)c1C(C)(C)C.[2H]C(C)(C)c1cccc(C(C)(C)C)c1C(C)(C)C.[2H]C([2H])([2H])c1cc(C)c(C(C)(C)C)c(C)c1.[2H]C([2H])(c1cccc(C([2H])([2H])C(C)C)c1C(C)(C)C)C(C)C.[2H]CC([2H])(C)c1cccc(C([2H])(C)CC)c1C(C)(C)C. The summed E-state index contributed by atoms with van der Waals surface area (Å²) in [6, 6.07) is 52.3. The van der Waals surface area contributed by atoms with E-state index in [9.17, 15) is 0 Å². The van der Waals surface area contributed by atoms with Crippen molar-refractivity contribution in [2.75, 3.05) is 0 Å². The van der Waals surface area contributed by atoms with Crippen molar-refractivity contribution in [2.24, 2.45) is 23.7 Å². The molecule has 0 aromatic heterocycles. The maximum Gasteiger partial charge on any atom is 0.0349 e. The molecule has 2 unspecified atom stereocenters. The largest absolute Gasteiger partial charge is 0.0648 e. The van der Waals surface area contributed by atoms with Crippen molar-refractivity contribution in [3.8, 4) is 0 Å². The van der Waals surface area contributed by atoms with Gasteiger partial charge in [-0.15, -0.1) is 0 Å². The minimum Gasteiger partial charge on any atom is -0.0648 e. The Hall–Kier alpha value is -6.24. The first kappa shape index (κ1) is 94.9. The molecule has 0 saturated carbocycles. The van der Waals surface area contributed by atoms with Crippen LogP contribution in [0.1, 0.15) is 492 Å². The van der Waals surface area contributed by atoms with Crippen molar-refractivity contribution in [3.05, 3.63) is 280 Å². The van der Waals surface area contributed by atoms with E-state index in [0.717, 1.165) is 57.2 Å². The third-order valence-corrected chi connectivity index (χ3v) is 21.8. The van der Waals surface area contributed by atoms with Crippen LogP contribution in [0.25, 0.3) is 0 Å². The Morgan fingerprint density at radius 3 is 0.852 bits per heavy atom. The quantitative estimate of drug-likeness (QED) is 0.108.